The van der Waals surface area contributed by atoms with Crippen LogP contribution in [-0.4, -0.2) is 14.8 Å². The summed E-state index contributed by atoms with van der Waals surface area (Å²) in [6.45, 7) is 0. The van der Waals surface area contributed by atoms with Gasteiger partial charge in [-0.3, -0.25) is 9.67 Å². The molecule has 5 nitrogen and oxygen atoms in total. The Labute approximate surface area is 81.4 Å². The van der Waals surface area contributed by atoms with E-state index in [2.05, 4.69) is 10.1 Å². The molecule has 2 heterocycles. The Morgan fingerprint density at radius 2 is 2.14 bits per heavy atom. The summed E-state index contributed by atoms with van der Waals surface area (Å²) in [6.07, 6.45) is 5.18. The number of aryl methyl sites for hydroxylation is 1. The largest absolute Gasteiger partial charge is 0.397 e. The average molecular weight is 189 g/mol. The fourth-order valence-corrected chi connectivity index (χ4v) is 1.26. The highest BCUT2D eigenvalue weighted by molar-refractivity contribution is 5.80. The van der Waals surface area contributed by atoms with Gasteiger partial charge >= 0.3 is 0 Å². The van der Waals surface area contributed by atoms with Crippen molar-refractivity contribution >= 4 is 11.4 Å². The molecule has 0 aromatic carbocycles. The van der Waals surface area contributed by atoms with E-state index >= 15 is 0 Å². The minimum Gasteiger partial charge on any atom is -0.397 e. The Hall–Kier alpha value is -2.04. The van der Waals surface area contributed by atoms with E-state index < -0.39 is 0 Å². The van der Waals surface area contributed by atoms with E-state index in [-0.39, 0.29) is 0 Å². The molecule has 0 bridgehead atoms. The van der Waals surface area contributed by atoms with Crippen LogP contribution in [0.15, 0.2) is 24.7 Å². The van der Waals surface area contributed by atoms with E-state index in [1.54, 1.807) is 23.1 Å². The summed E-state index contributed by atoms with van der Waals surface area (Å²) in [6, 6.07) is 1.68. The van der Waals surface area contributed by atoms with E-state index in [9.17, 15) is 0 Å². The van der Waals surface area contributed by atoms with Crippen LogP contribution < -0.4 is 11.5 Å². The lowest BCUT2D eigenvalue weighted by atomic mass is 10.2. The maximum absolute atomic E-state index is 5.80. The van der Waals surface area contributed by atoms with Gasteiger partial charge in [0.15, 0.2) is 0 Å². The Balaban J connectivity index is 2.57. The van der Waals surface area contributed by atoms with E-state index in [0.717, 1.165) is 5.56 Å². The summed E-state index contributed by atoms with van der Waals surface area (Å²) in [5.41, 5.74) is 14.1. The second-order valence-corrected chi connectivity index (χ2v) is 3.07. The number of anilines is 2. The van der Waals surface area contributed by atoms with Crippen molar-refractivity contribution in [2.75, 3.05) is 11.5 Å². The van der Waals surface area contributed by atoms with Crippen molar-refractivity contribution in [2.24, 2.45) is 7.05 Å². The predicted octanol–water partition coefficient (Wildman–Crippen LogP) is 0.647. The minimum absolute atomic E-state index is 0.500. The van der Waals surface area contributed by atoms with Crippen LogP contribution in [0.2, 0.25) is 0 Å². The maximum Gasteiger partial charge on any atom is 0.0983 e. The van der Waals surface area contributed by atoms with Crippen LogP contribution in [0.1, 0.15) is 0 Å². The zero-order valence-corrected chi connectivity index (χ0v) is 7.81. The number of rotatable bonds is 1. The van der Waals surface area contributed by atoms with Crippen LogP contribution in [0.5, 0.6) is 0 Å². The molecule has 0 spiro atoms. The van der Waals surface area contributed by atoms with E-state index in [1.165, 1.54) is 0 Å². The molecule has 2 rings (SSSR count). The van der Waals surface area contributed by atoms with Gasteiger partial charge in [0.1, 0.15) is 0 Å². The molecule has 0 aliphatic rings. The minimum atomic E-state index is 0.500. The molecule has 0 saturated carbocycles. The van der Waals surface area contributed by atoms with Crippen LogP contribution in [0.25, 0.3) is 11.3 Å². The predicted molar refractivity (Wildman–Crippen MR) is 55.3 cm³/mol. The van der Waals surface area contributed by atoms with Gasteiger partial charge in [-0.1, -0.05) is 0 Å². The van der Waals surface area contributed by atoms with E-state index in [4.69, 9.17) is 11.5 Å². The molecule has 2 aromatic heterocycles. The number of hydrogen-bond donors (Lipinski definition) is 2. The van der Waals surface area contributed by atoms with Gasteiger partial charge in [-0.15, -0.1) is 0 Å². The number of pyridine rings is 1. The summed E-state index contributed by atoms with van der Waals surface area (Å²) >= 11 is 0. The van der Waals surface area contributed by atoms with Gasteiger partial charge in [-0.25, -0.2) is 0 Å². The van der Waals surface area contributed by atoms with Gasteiger partial charge < -0.3 is 11.5 Å². The normalized spacial score (nSPS) is 10.4. The monoisotopic (exact) mass is 189 g/mol. The molecule has 0 amide bonds. The molecule has 5 heteroatoms. The molecular formula is C9H11N5. The maximum atomic E-state index is 5.80. The molecule has 72 valence electrons. The van der Waals surface area contributed by atoms with Gasteiger partial charge in [0.25, 0.3) is 0 Å². The first-order valence-electron chi connectivity index (χ1n) is 4.17. The first-order valence-corrected chi connectivity index (χ1v) is 4.17. The number of hydrogen-bond acceptors (Lipinski definition) is 4. The number of nitrogen functional groups attached to an aromatic ring is 2. The molecular weight excluding hydrogens is 178 g/mol. The lowest BCUT2D eigenvalue weighted by Crippen LogP contribution is -1.98. The van der Waals surface area contributed by atoms with E-state index in [1.807, 2.05) is 13.2 Å². The van der Waals surface area contributed by atoms with Crippen LogP contribution in [0, 0.1) is 0 Å². The third-order valence-electron chi connectivity index (χ3n) is 2.00. The van der Waals surface area contributed by atoms with Gasteiger partial charge in [-0.2, -0.15) is 5.10 Å². The molecule has 2 aromatic rings. The van der Waals surface area contributed by atoms with Crippen molar-refractivity contribution in [1.29, 1.82) is 0 Å². The molecule has 0 aliphatic heterocycles. The summed E-state index contributed by atoms with van der Waals surface area (Å²) in [5.74, 6) is 0. The first-order chi connectivity index (χ1) is 6.68. The topological polar surface area (TPSA) is 82.8 Å². The second-order valence-electron chi connectivity index (χ2n) is 3.07. The Morgan fingerprint density at radius 1 is 1.36 bits per heavy atom. The Morgan fingerprint density at radius 3 is 2.79 bits per heavy atom. The number of nitrogens with zero attached hydrogens (tertiary/aromatic N) is 3. The number of nitrogens with two attached hydrogens (primary N) is 2. The zero-order valence-electron chi connectivity index (χ0n) is 7.81. The lowest BCUT2D eigenvalue weighted by Gasteiger charge is -2.03. The molecule has 4 N–H and O–H groups in total. The van der Waals surface area contributed by atoms with Crippen molar-refractivity contribution in [2.45, 2.75) is 0 Å². The highest BCUT2D eigenvalue weighted by Crippen LogP contribution is 2.26. The van der Waals surface area contributed by atoms with Gasteiger partial charge in [0.05, 0.1) is 23.3 Å². The molecule has 0 aliphatic carbocycles. The first kappa shape index (κ1) is 8.55. The zero-order chi connectivity index (χ0) is 10.1. The highest BCUT2D eigenvalue weighted by atomic mass is 15.2. The summed E-state index contributed by atoms with van der Waals surface area (Å²) in [4.78, 5) is 4.16. The fourth-order valence-electron chi connectivity index (χ4n) is 1.26. The molecule has 0 radical (unpaired) electrons. The third kappa shape index (κ3) is 1.28. The van der Waals surface area contributed by atoms with E-state index in [0.29, 0.717) is 17.1 Å². The van der Waals surface area contributed by atoms with Crippen LogP contribution in [-0.2, 0) is 7.05 Å². The van der Waals surface area contributed by atoms with Gasteiger partial charge in [0, 0.05) is 25.0 Å². The SMILES string of the molecule is Cn1cc(-c2nccc(N)c2N)cn1. The quantitative estimate of drug-likeness (QED) is 0.689. The number of aromatic nitrogens is 3. The van der Waals surface area contributed by atoms with Gasteiger partial charge in [0.2, 0.25) is 0 Å². The Bertz CT molecular complexity index is 460. The molecule has 0 saturated heterocycles. The Kier molecular flexibility index (Phi) is 1.85. The third-order valence-corrected chi connectivity index (χ3v) is 2.00. The second kappa shape index (κ2) is 3.02. The van der Waals surface area contributed by atoms with Crippen molar-refractivity contribution in [1.82, 2.24) is 14.8 Å². The smallest absolute Gasteiger partial charge is 0.0983 e. The standard InChI is InChI=1S/C9H11N5/c1-14-5-6(4-13-14)9-8(11)7(10)2-3-12-9/h2-5H,11H2,1H3,(H2,10,12). The van der Waals surface area contributed by atoms with Crippen LogP contribution >= 0.6 is 0 Å². The van der Waals surface area contributed by atoms with Crippen molar-refractivity contribution < 1.29 is 0 Å². The van der Waals surface area contributed by atoms with Crippen LogP contribution in [0.3, 0.4) is 0 Å². The van der Waals surface area contributed by atoms with Crippen molar-refractivity contribution in [3.63, 3.8) is 0 Å². The van der Waals surface area contributed by atoms with Crippen LogP contribution in [0.4, 0.5) is 11.4 Å². The van der Waals surface area contributed by atoms with Crippen molar-refractivity contribution in [3.05, 3.63) is 24.7 Å². The van der Waals surface area contributed by atoms with Gasteiger partial charge in [-0.05, 0) is 6.07 Å². The lowest BCUT2D eigenvalue weighted by molar-refractivity contribution is 0.768. The summed E-state index contributed by atoms with van der Waals surface area (Å²) in [7, 11) is 1.84. The molecule has 0 fully saturated rings. The highest BCUT2D eigenvalue weighted by Gasteiger charge is 2.07. The van der Waals surface area contributed by atoms with Crippen molar-refractivity contribution in [3.8, 4) is 11.3 Å². The summed E-state index contributed by atoms with van der Waals surface area (Å²) in [5, 5.41) is 4.04. The fraction of sp³-hybridized carbons (Fsp3) is 0.111. The molecule has 14 heavy (non-hydrogen) atoms. The summed E-state index contributed by atoms with van der Waals surface area (Å²) < 4.78 is 1.69. The molecule has 0 unspecified atom stereocenters. The molecule has 0 atom stereocenters. The average Bonchev–Trinajstić information content (AvgIpc) is 2.57.